The second-order valence-corrected chi connectivity index (χ2v) is 12.0. The van der Waals surface area contributed by atoms with Crippen molar-refractivity contribution in [1.82, 2.24) is 25.1 Å². The summed E-state index contributed by atoms with van der Waals surface area (Å²) in [5.74, 6) is -2.82. The number of nitrogens with one attached hydrogen (secondary N) is 3. The molecule has 1 aliphatic rings. The lowest BCUT2D eigenvalue weighted by molar-refractivity contribution is -0.138. The Morgan fingerprint density at radius 1 is 0.889 bits per heavy atom. The van der Waals surface area contributed by atoms with Gasteiger partial charge in [0.15, 0.2) is 11.4 Å². The topological polar surface area (TPSA) is 178 Å². The molecule has 13 heteroatoms. The third-order valence-electron chi connectivity index (χ3n) is 7.29. The number of rotatable bonds is 10. The minimum atomic E-state index is -2.25. The van der Waals surface area contributed by atoms with Crippen LogP contribution in [0, 0.1) is 0 Å². The molecule has 5 amide bonds. The van der Waals surface area contributed by atoms with Gasteiger partial charge in [0.2, 0.25) is 5.91 Å². The molecular weight excluding hydrogens is 578 g/mol. The molecule has 0 spiro atoms. The van der Waals surface area contributed by atoms with E-state index in [4.69, 9.17) is 10.5 Å². The molecule has 3 aromatic rings. The van der Waals surface area contributed by atoms with Gasteiger partial charge in [-0.2, -0.15) is 0 Å². The zero-order valence-electron chi connectivity index (χ0n) is 25.8. The van der Waals surface area contributed by atoms with Crippen LogP contribution in [-0.2, 0) is 23.9 Å². The molecule has 13 nitrogen and oxygen atoms in total. The van der Waals surface area contributed by atoms with Crippen LogP contribution in [0.3, 0.4) is 0 Å². The molecule has 4 rings (SSSR count). The van der Waals surface area contributed by atoms with Gasteiger partial charge < -0.3 is 30.6 Å². The quantitative estimate of drug-likeness (QED) is 0.253. The Balaban J connectivity index is 1.58. The van der Waals surface area contributed by atoms with E-state index in [1.165, 1.54) is 6.33 Å². The van der Waals surface area contributed by atoms with E-state index in [1.54, 1.807) is 61.9 Å². The van der Waals surface area contributed by atoms with Gasteiger partial charge in [0.25, 0.3) is 17.7 Å². The van der Waals surface area contributed by atoms with Crippen molar-refractivity contribution < 1.29 is 28.7 Å². The molecule has 5 N–H and O–H groups in total. The van der Waals surface area contributed by atoms with E-state index in [1.807, 2.05) is 35.2 Å². The third kappa shape index (κ3) is 8.05. The van der Waals surface area contributed by atoms with Crippen LogP contribution in [0.5, 0.6) is 0 Å². The van der Waals surface area contributed by atoms with Gasteiger partial charge in [0.05, 0.1) is 6.33 Å². The van der Waals surface area contributed by atoms with Gasteiger partial charge >= 0.3 is 6.09 Å². The fourth-order valence-electron chi connectivity index (χ4n) is 4.89. The highest BCUT2D eigenvalue weighted by Gasteiger charge is 2.44. The summed E-state index contributed by atoms with van der Waals surface area (Å²) in [5.41, 5.74) is 3.52. The molecule has 0 bridgehead atoms. The number of amides is 5. The number of benzene rings is 2. The van der Waals surface area contributed by atoms with Crippen molar-refractivity contribution in [3.63, 3.8) is 0 Å². The predicted octanol–water partition coefficient (Wildman–Crippen LogP) is 2.66. The molecule has 45 heavy (non-hydrogen) atoms. The molecule has 3 atom stereocenters. The van der Waals surface area contributed by atoms with Gasteiger partial charge in [-0.25, -0.2) is 9.78 Å². The first kappa shape index (κ1) is 32.7. The summed E-state index contributed by atoms with van der Waals surface area (Å²) in [5, 5.41) is 7.46. The number of carbonyl (C=O) groups is 5. The number of imidazole rings is 1. The standard InChI is InChI=1S/C32H39N7O6/c1-31(2,3)45-30(44)37-32(4,28(33)42)29(43)36-24(21-13-7-5-8-14-21)26(40)35-23-19-39(20-34-23)25(22-15-9-6-10-16-22)27(41)38-17-11-12-18-38/h5-10,13-16,19-20,24-25H,11-12,17-18H2,1-4H3,(H2,33,42)(H,35,40)(H,36,43)(H,37,44)/t24?,25?,32-/m1/s1. The number of hydrogen-bond donors (Lipinski definition) is 4. The first-order chi connectivity index (χ1) is 21.3. The van der Waals surface area contributed by atoms with Crippen molar-refractivity contribution in [3.05, 3.63) is 84.3 Å². The molecule has 0 saturated carbocycles. The Morgan fingerprint density at radius 3 is 2.02 bits per heavy atom. The maximum Gasteiger partial charge on any atom is 0.408 e. The van der Waals surface area contributed by atoms with E-state index in [2.05, 4.69) is 20.9 Å². The van der Waals surface area contributed by atoms with Crippen LogP contribution in [-0.4, -0.2) is 68.4 Å². The monoisotopic (exact) mass is 617 g/mol. The lowest BCUT2D eigenvalue weighted by atomic mass is 9.98. The molecule has 1 aromatic heterocycles. The number of nitrogens with two attached hydrogens (primary N) is 1. The number of primary amides is 1. The largest absolute Gasteiger partial charge is 0.444 e. The van der Waals surface area contributed by atoms with Gasteiger partial charge in [0, 0.05) is 19.3 Å². The third-order valence-corrected chi connectivity index (χ3v) is 7.29. The Morgan fingerprint density at radius 2 is 1.47 bits per heavy atom. The molecular formula is C32H39N7O6. The molecule has 0 radical (unpaired) electrons. The predicted molar refractivity (Wildman–Crippen MR) is 166 cm³/mol. The van der Waals surface area contributed by atoms with Crippen molar-refractivity contribution in [2.75, 3.05) is 18.4 Å². The fraction of sp³-hybridized carbons (Fsp3) is 0.375. The van der Waals surface area contributed by atoms with E-state index in [-0.39, 0.29) is 11.7 Å². The average Bonchev–Trinajstić information content (AvgIpc) is 3.69. The Kier molecular flexibility index (Phi) is 9.90. The summed E-state index contributed by atoms with van der Waals surface area (Å²) in [7, 11) is 0. The fourth-order valence-corrected chi connectivity index (χ4v) is 4.89. The molecule has 2 aromatic carbocycles. The summed E-state index contributed by atoms with van der Waals surface area (Å²) in [6, 6.07) is 15.6. The van der Waals surface area contributed by atoms with Crippen molar-refractivity contribution >= 4 is 35.5 Å². The molecule has 238 valence electrons. The van der Waals surface area contributed by atoms with Crippen LogP contribution in [0.4, 0.5) is 10.6 Å². The Bertz CT molecular complexity index is 1530. The van der Waals surface area contributed by atoms with Gasteiger partial charge in [0.1, 0.15) is 17.7 Å². The highest BCUT2D eigenvalue weighted by molar-refractivity contribution is 6.12. The van der Waals surface area contributed by atoms with Gasteiger partial charge in [-0.05, 0) is 51.7 Å². The normalized spacial score (nSPS) is 15.7. The van der Waals surface area contributed by atoms with Gasteiger partial charge in [-0.1, -0.05) is 60.7 Å². The number of alkyl carbamates (subject to hydrolysis) is 1. The SMILES string of the molecule is CC(C)(C)OC(=O)N[C@](C)(C(N)=O)C(=O)NC(C(=O)Nc1cn(C(C(=O)N2CCCC2)c2ccccc2)cn1)c1ccccc1. The number of aromatic nitrogens is 2. The second-order valence-electron chi connectivity index (χ2n) is 12.0. The Labute approximate surface area is 261 Å². The van der Waals surface area contributed by atoms with Crippen LogP contribution in [0.2, 0.25) is 0 Å². The number of carbonyl (C=O) groups excluding carboxylic acids is 5. The second kappa shape index (κ2) is 13.6. The van der Waals surface area contributed by atoms with E-state index < -0.39 is 47.0 Å². The summed E-state index contributed by atoms with van der Waals surface area (Å²) < 4.78 is 6.83. The van der Waals surface area contributed by atoms with E-state index >= 15 is 0 Å². The van der Waals surface area contributed by atoms with Crippen LogP contribution < -0.4 is 21.7 Å². The van der Waals surface area contributed by atoms with E-state index in [9.17, 15) is 24.0 Å². The minimum absolute atomic E-state index is 0.0772. The molecule has 2 heterocycles. The van der Waals surface area contributed by atoms with Crippen molar-refractivity contribution in [1.29, 1.82) is 0 Å². The van der Waals surface area contributed by atoms with Crippen LogP contribution in [0.15, 0.2) is 73.2 Å². The summed E-state index contributed by atoms with van der Waals surface area (Å²) in [6.07, 6.45) is 3.85. The minimum Gasteiger partial charge on any atom is -0.444 e. The lowest BCUT2D eigenvalue weighted by Gasteiger charge is -2.30. The van der Waals surface area contributed by atoms with Gasteiger partial charge in [-0.15, -0.1) is 0 Å². The highest BCUT2D eigenvalue weighted by Crippen LogP contribution is 2.25. The first-order valence-corrected chi connectivity index (χ1v) is 14.6. The van der Waals surface area contributed by atoms with E-state index in [0.717, 1.165) is 25.3 Å². The lowest BCUT2D eigenvalue weighted by Crippen LogP contribution is -2.65. The van der Waals surface area contributed by atoms with E-state index in [0.29, 0.717) is 18.7 Å². The molecule has 0 aliphatic carbocycles. The molecule has 1 fully saturated rings. The number of likely N-dealkylation sites (tertiary alicyclic amines) is 1. The Hall–Kier alpha value is -5.20. The molecule has 1 saturated heterocycles. The average molecular weight is 618 g/mol. The first-order valence-electron chi connectivity index (χ1n) is 14.6. The number of hydrogen-bond acceptors (Lipinski definition) is 7. The van der Waals surface area contributed by atoms with Crippen molar-refractivity contribution in [3.8, 4) is 0 Å². The van der Waals surface area contributed by atoms with Crippen molar-refractivity contribution in [2.45, 2.75) is 63.8 Å². The van der Waals surface area contributed by atoms with Gasteiger partial charge in [-0.3, -0.25) is 24.5 Å². The van der Waals surface area contributed by atoms with Crippen LogP contribution >= 0.6 is 0 Å². The number of nitrogens with zero attached hydrogens (tertiary/aromatic N) is 3. The maximum atomic E-state index is 13.7. The zero-order chi connectivity index (χ0) is 32.8. The smallest absolute Gasteiger partial charge is 0.408 e. The van der Waals surface area contributed by atoms with Crippen molar-refractivity contribution in [2.24, 2.45) is 5.73 Å². The number of ether oxygens (including phenoxy) is 1. The summed E-state index contributed by atoms with van der Waals surface area (Å²) in [4.78, 5) is 71.7. The zero-order valence-corrected chi connectivity index (χ0v) is 25.8. The van der Waals surface area contributed by atoms with Crippen LogP contribution in [0.25, 0.3) is 0 Å². The highest BCUT2D eigenvalue weighted by atomic mass is 16.6. The molecule has 2 unspecified atom stereocenters. The maximum absolute atomic E-state index is 13.7. The van der Waals surface area contributed by atoms with Crippen LogP contribution in [0.1, 0.15) is 63.7 Å². The summed E-state index contributed by atoms with van der Waals surface area (Å²) >= 11 is 0. The molecule has 1 aliphatic heterocycles. The summed E-state index contributed by atoms with van der Waals surface area (Å²) in [6.45, 7) is 7.33. The number of anilines is 1.